The van der Waals surface area contributed by atoms with Gasteiger partial charge in [-0.3, -0.25) is 9.11 Å². The van der Waals surface area contributed by atoms with Gasteiger partial charge in [-0.05, 0) is 49.9 Å². The normalized spacial score (nSPS) is 13.5. The van der Waals surface area contributed by atoms with Crippen LogP contribution >= 0.6 is 0 Å². The molecule has 148 valence electrons. The standard InChI is InChI=1S/C18H21FO6S2/c1-12-3-7-17(26(20,21)22)14(9-12)5-6-16(19)11-15-10-13(2)4-8-18(15)27(23,24)25/h3-4,7-10,16H,5-6,11H2,1-2H3,(H,20,21,22)(H,23,24,25)/t16-/m1/s1. The summed E-state index contributed by atoms with van der Waals surface area (Å²) in [5.74, 6) is 0. The van der Waals surface area contributed by atoms with Crippen molar-refractivity contribution in [2.45, 2.75) is 49.1 Å². The maximum atomic E-state index is 14.5. The minimum absolute atomic E-state index is 0.0466. The molecule has 0 aliphatic rings. The molecule has 2 rings (SSSR count). The van der Waals surface area contributed by atoms with Gasteiger partial charge < -0.3 is 0 Å². The number of alkyl halides is 1. The summed E-state index contributed by atoms with van der Waals surface area (Å²) in [5.41, 5.74) is 1.93. The first kappa shape index (κ1) is 21.5. The SMILES string of the molecule is Cc1ccc(S(=O)(=O)O)c(CC[C@@H](F)Cc2cc(C)ccc2S(=O)(=O)O)c1. The van der Waals surface area contributed by atoms with Gasteiger partial charge in [0.05, 0.1) is 9.79 Å². The molecule has 0 saturated carbocycles. The van der Waals surface area contributed by atoms with E-state index in [1.165, 1.54) is 30.3 Å². The fourth-order valence-corrected chi connectivity index (χ4v) is 4.37. The molecule has 0 aliphatic heterocycles. The molecule has 0 spiro atoms. The molecule has 6 nitrogen and oxygen atoms in total. The van der Waals surface area contributed by atoms with Gasteiger partial charge in [0.2, 0.25) is 0 Å². The van der Waals surface area contributed by atoms with E-state index in [-0.39, 0.29) is 34.6 Å². The first-order chi connectivity index (χ1) is 12.4. The number of hydrogen-bond donors (Lipinski definition) is 2. The van der Waals surface area contributed by atoms with Crippen molar-refractivity contribution >= 4 is 20.2 Å². The number of aryl methyl sites for hydroxylation is 3. The number of benzene rings is 2. The zero-order chi connectivity index (χ0) is 20.4. The molecule has 27 heavy (non-hydrogen) atoms. The van der Waals surface area contributed by atoms with Crippen molar-refractivity contribution in [2.75, 3.05) is 0 Å². The molecule has 0 fully saturated rings. The molecule has 0 heterocycles. The highest BCUT2D eigenvalue weighted by Gasteiger charge is 2.20. The molecular weight excluding hydrogens is 395 g/mol. The van der Waals surface area contributed by atoms with E-state index in [1.54, 1.807) is 19.9 Å². The molecule has 2 N–H and O–H groups in total. The number of hydrogen-bond acceptors (Lipinski definition) is 4. The van der Waals surface area contributed by atoms with Crippen LogP contribution in [-0.4, -0.2) is 32.1 Å². The van der Waals surface area contributed by atoms with Crippen LogP contribution in [0.5, 0.6) is 0 Å². The van der Waals surface area contributed by atoms with E-state index < -0.39 is 26.4 Å². The topological polar surface area (TPSA) is 109 Å². The van der Waals surface area contributed by atoms with Gasteiger partial charge in [-0.15, -0.1) is 0 Å². The third kappa shape index (κ3) is 5.83. The summed E-state index contributed by atoms with van der Waals surface area (Å²) in [6, 6.07) is 8.58. The van der Waals surface area contributed by atoms with Crippen LogP contribution in [0.25, 0.3) is 0 Å². The Labute approximate surface area is 158 Å². The molecule has 9 heteroatoms. The summed E-state index contributed by atoms with van der Waals surface area (Å²) < 4.78 is 78.9. The van der Waals surface area contributed by atoms with Gasteiger partial charge in [-0.2, -0.15) is 16.8 Å². The Morgan fingerprint density at radius 1 is 0.852 bits per heavy atom. The van der Waals surface area contributed by atoms with Crippen LogP contribution in [-0.2, 0) is 33.1 Å². The first-order valence-electron chi connectivity index (χ1n) is 8.16. The lowest BCUT2D eigenvalue weighted by Gasteiger charge is -2.13. The van der Waals surface area contributed by atoms with Crippen LogP contribution in [0.2, 0.25) is 0 Å². The molecule has 2 aromatic carbocycles. The zero-order valence-electron chi connectivity index (χ0n) is 14.9. The minimum Gasteiger partial charge on any atom is -0.282 e. The lowest BCUT2D eigenvalue weighted by Crippen LogP contribution is -2.12. The van der Waals surface area contributed by atoms with Crippen LogP contribution in [0.3, 0.4) is 0 Å². The average Bonchev–Trinajstić information content (AvgIpc) is 2.50. The van der Waals surface area contributed by atoms with Gasteiger partial charge in [0.1, 0.15) is 6.17 Å². The molecule has 0 radical (unpaired) electrons. The van der Waals surface area contributed by atoms with Crippen LogP contribution in [0.1, 0.15) is 28.7 Å². The largest absolute Gasteiger partial charge is 0.294 e. The van der Waals surface area contributed by atoms with Gasteiger partial charge in [-0.25, -0.2) is 4.39 Å². The maximum absolute atomic E-state index is 14.5. The van der Waals surface area contributed by atoms with E-state index >= 15 is 0 Å². The third-order valence-electron chi connectivity index (χ3n) is 4.16. The van der Waals surface area contributed by atoms with Crippen LogP contribution in [0.4, 0.5) is 4.39 Å². The quantitative estimate of drug-likeness (QED) is 0.671. The number of rotatable bonds is 7. The van der Waals surface area contributed by atoms with E-state index in [2.05, 4.69) is 0 Å². The monoisotopic (exact) mass is 416 g/mol. The van der Waals surface area contributed by atoms with E-state index in [0.717, 1.165) is 11.1 Å². The Bertz CT molecular complexity index is 1050. The smallest absolute Gasteiger partial charge is 0.282 e. The van der Waals surface area contributed by atoms with Crippen molar-refractivity contribution in [3.63, 3.8) is 0 Å². The molecule has 0 unspecified atom stereocenters. The van der Waals surface area contributed by atoms with Gasteiger partial charge in [0, 0.05) is 6.42 Å². The van der Waals surface area contributed by atoms with Crippen molar-refractivity contribution in [3.05, 3.63) is 58.7 Å². The lowest BCUT2D eigenvalue weighted by molar-refractivity contribution is 0.310. The van der Waals surface area contributed by atoms with Gasteiger partial charge in [0.15, 0.2) is 0 Å². The molecular formula is C18H21FO6S2. The summed E-state index contributed by atoms with van der Waals surface area (Å²) in [4.78, 5) is -0.612. The Balaban J connectivity index is 2.21. The Kier molecular flexibility index (Phi) is 6.41. The highest BCUT2D eigenvalue weighted by atomic mass is 32.2. The second-order valence-corrected chi connectivity index (χ2v) is 9.29. The van der Waals surface area contributed by atoms with Crippen molar-refractivity contribution in [1.29, 1.82) is 0 Å². The second kappa shape index (κ2) is 8.05. The second-order valence-electron chi connectivity index (χ2n) is 6.51. The number of halogens is 1. The van der Waals surface area contributed by atoms with E-state index in [0.29, 0.717) is 5.56 Å². The fraction of sp³-hybridized carbons (Fsp3) is 0.333. The van der Waals surface area contributed by atoms with Crippen molar-refractivity contribution in [1.82, 2.24) is 0 Å². The maximum Gasteiger partial charge on any atom is 0.294 e. The van der Waals surface area contributed by atoms with Gasteiger partial charge >= 0.3 is 0 Å². The van der Waals surface area contributed by atoms with Gasteiger partial charge in [-0.1, -0.05) is 35.4 Å². The Morgan fingerprint density at radius 3 is 1.78 bits per heavy atom. The molecule has 0 amide bonds. The van der Waals surface area contributed by atoms with Crippen molar-refractivity contribution in [3.8, 4) is 0 Å². The third-order valence-corrected chi connectivity index (χ3v) is 6.06. The van der Waals surface area contributed by atoms with Crippen LogP contribution in [0, 0.1) is 13.8 Å². The van der Waals surface area contributed by atoms with E-state index in [9.17, 15) is 30.3 Å². The summed E-state index contributed by atoms with van der Waals surface area (Å²) in [6.45, 7) is 3.46. The lowest BCUT2D eigenvalue weighted by atomic mass is 10.00. The average molecular weight is 416 g/mol. The van der Waals surface area contributed by atoms with E-state index in [4.69, 9.17) is 0 Å². The van der Waals surface area contributed by atoms with Crippen LogP contribution < -0.4 is 0 Å². The summed E-state index contributed by atoms with van der Waals surface area (Å²) in [5, 5.41) is 0. The molecule has 0 bridgehead atoms. The van der Waals surface area contributed by atoms with E-state index in [1.807, 2.05) is 0 Å². The Morgan fingerprint density at radius 2 is 1.30 bits per heavy atom. The summed E-state index contributed by atoms with van der Waals surface area (Å²) in [6.07, 6.45) is -1.75. The predicted molar refractivity (Wildman–Crippen MR) is 98.9 cm³/mol. The molecule has 0 aromatic heterocycles. The minimum atomic E-state index is -4.47. The summed E-state index contributed by atoms with van der Waals surface area (Å²) >= 11 is 0. The molecule has 0 saturated heterocycles. The Hall–Kier alpha value is -1.81. The van der Waals surface area contributed by atoms with Gasteiger partial charge in [0.25, 0.3) is 20.2 Å². The van der Waals surface area contributed by atoms with Crippen LogP contribution in [0.15, 0.2) is 46.2 Å². The first-order valence-corrected chi connectivity index (χ1v) is 11.0. The van der Waals surface area contributed by atoms with Crippen molar-refractivity contribution < 1.29 is 30.3 Å². The van der Waals surface area contributed by atoms with Crippen molar-refractivity contribution in [2.24, 2.45) is 0 Å². The fourth-order valence-electron chi connectivity index (χ4n) is 2.93. The molecule has 0 aliphatic carbocycles. The summed E-state index contributed by atoms with van der Waals surface area (Å²) in [7, 11) is -8.90. The highest BCUT2D eigenvalue weighted by Crippen LogP contribution is 2.24. The predicted octanol–water partition coefficient (Wildman–Crippen LogP) is 3.31. The zero-order valence-corrected chi connectivity index (χ0v) is 16.5. The molecule has 2 aromatic rings. The molecule has 1 atom stereocenters. The highest BCUT2D eigenvalue weighted by molar-refractivity contribution is 7.86.